The second-order valence-corrected chi connectivity index (χ2v) is 6.00. The first-order valence-electron chi connectivity index (χ1n) is 6.87. The van der Waals surface area contributed by atoms with Crippen molar-refractivity contribution < 1.29 is 4.74 Å². The molecule has 19 heavy (non-hydrogen) atoms. The summed E-state index contributed by atoms with van der Waals surface area (Å²) in [5.41, 5.74) is 1.53. The summed E-state index contributed by atoms with van der Waals surface area (Å²) in [6, 6.07) is 0. The normalized spacial score (nSPS) is 17.1. The highest BCUT2D eigenvalue weighted by Crippen LogP contribution is 2.34. The van der Waals surface area contributed by atoms with E-state index in [1.165, 1.54) is 0 Å². The van der Waals surface area contributed by atoms with Crippen molar-refractivity contribution >= 4 is 0 Å². The van der Waals surface area contributed by atoms with Crippen molar-refractivity contribution in [3.8, 4) is 0 Å². The summed E-state index contributed by atoms with van der Waals surface area (Å²) in [5, 5.41) is 3.19. The van der Waals surface area contributed by atoms with Crippen molar-refractivity contribution in [2.24, 2.45) is 5.41 Å². The summed E-state index contributed by atoms with van der Waals surface area (Å²) in [7, 11) is 0. The molecule has 1 unspecified atom stereocenters. The van der Waals surface area contributed by atoms with Gasteiger partial charge >= 0.3 is 0 Å². The van der Waals surface area contributed by atoms with E-state index in [2.05, 4.69) is 36.1 Å². The number of aromatic amines is 1. The maximum atomic E-state index is 12.1. The van der Waals surface area contributed by atoms with E-state index in [1.807, 2.05) is 6.92 Å². The molecule has 1 atom stereocenters. The molecule has 106 valence electrons. The fourth-order valence-electron chi connectivity index (χ4n) is 2.40. The highest BCUT2D eigenvalue weighted by atomic mass is 16.5. The Morgan fingerprint density at radius 1 is 1.42 bits per heavy atom. The van der Waals surface area contributed by atoms with E-state index in [9.17, 15) is 4.79 Å². The minimum Gasteiger partial charge on any atom is -0.370 e. The fourth-order valence-corrected chi connectivity index (χ4v) is 2.40. The molecule has 5 nitrogen and oxygen atoms in total. The van der Waals surface area contributed by atoms with Gasteiger partial charge in [0.2, 0.25) is 0 Å². The Labute approximate surface area is 113 Å². The largest absolute Gasteiger partial charge is 0.370 e. The molecule has 0 spiro atoms. The zero-order valence-corrected chi connectivity index (χ0v) is 12.2. The fraction of sp³-hybridized carbons (Fsp3) is 0.714. The van der Waals surface area contributed by atoms with Crippen LogP contribution in [0.25, 0.3) is 0 Å². The second kappa shape index (κ2) is 5.43. The van der Waals surface area contributed by atoms with Gasteiger partial charge in [-0.25, -0.2) is 4.98 Å². The highest BCUT2D eigenvalue weighted by Gasteiger charge is 2.30. The summed E-state index contributed by atoms with van der Waals surface area (Å²) in [4.78, 5) is 19.7. The van der Waals surface area contributed by atoms with Crippen LogP contribution in [-0.2, 0) is 17.7 Å². The Morgan fingerprint density at radius 3 is 2.79 bits per heavy atom. The maximum Gasteiger partial charge on any atom is 0.255 e. The predicted molar refractivity (Wildman–Crippen MR) is 74.1 cm³/mol. The van der Waals surface area contributed by atoms with E-state index in [0.717, 1.165) is 24.2 Å². The average molecular weight is 265 g/mol. The highest BCUT2D eigenvalue weighted by molar-refractivity contribution is 5.21. The molecule has 0 saturated heterocycles. The van der Waals surface area contributed by atoms with Crippen molar-refractivity contribution in [3.05, 3.63) is 27.4 Å². The Morgan fingerprint density at radius 2 is 2.16 bits per heavy atom. The van der Waals surface area contributed by atoms with Gasteiger partial charge in [0.25, 0.3) is 5.56 Å². The first-order chi connectivity index (χ1) is 8.93. The van der Waals surface area contributed by atoms with Gasteiger partial charge in [-0.2, -0.15) is 0 Å². The lowest BCUT2D eigenvalue weighted by Gasteiger charge is -2.30. The standard InChI is InChI=1S/C14H23N3O2/c1-5-19-11(14(2,3)4)12-16-10-6-7-15-8-9(10)13(18)17-12/h11,15H,5-8H2,1-4H3,(H,16,17,18). The molecular formula is C14H23N3O2. The topological polar surface area (TPSA) is 67.0 Å². The van der Waals surface area contributed by atoms with Crippen molar-refractivity contribution in [2.45, 2.75) is 46.8 Å². The van der Waals surface area contributed by atoms with E-state index in [-0.39, 0.29) is 17.1 Å². The number of ether oxygens (including phenoxy) is 1. The average Bonchev–Trinajstić information content (AvgIpc) is 2.34. The van der Waals surface area contributed by atoms with Crippen LogP contribution in [0.1, 0.15) is 50.9 Å². The van der Waals surface area contributed by atoms with Gasteiger partial charge in [-0.1, -0.05) is 20.8 Å². The Bertz CT molecular complexity index is 502. The molecule has 2 heterocycles. The van der Waals surface area contributed by atoms with Gasteiger partial charge < -0.3 is 15.0 Å². The summed E-state index contributed by atoms with van der Waals surface area (Å²) < 4.78 is 5.79. The lowest BCUT2D eigenvalue weighted by molar-refractivity contribution is -0.0194. The van der Waals surface area contributed by atoms with Gasteiger partial charge in [-0.15, -0.1) is 0 Å². The third kappa shape index (κ3) is 3.04. The minimum atomic E-state index is -0.189. The van der Waals surface area contributed by atoms with E-state index in [4.69, 9.17) is 4.74 Å². The van der Waals surface area contributed by atoms with Crippen molar-refractivity contribution in [1.29, 1.82) is 0 Å². The van der Waals surface area contributed by atoms with E-state index in [0.29, 0.717) is 19.0 Å². The Hall–Kier alpha value is -1.20. The number of H-pyrrole nitrogens is 1. The van der Waals surface area contributed by atoms with E-state index in [1.54, 1.807) is 0 Å². The molecule has 0 saturated carbocycles. The quantitative estimate of drug-likeness (QED) is 0.870. The van der Waals surface area contributed by atoms with Crippen LogP contribution in [0.5, 0.6) is 0 Å². The first-order valence-corrected chi connectivity index (χ1v) is 6.87. The van der Waals surface area contributed by atoms with Gasteiger partial charge in [0.1, 0.15) is 11.9 Å². The molecule has 0 amide bonds. The summed E-state index contributed by atoms with van der Waals surface area (Å²) in [5.74, 6) is 0.653. The summed E-state index contributed by atoms with van der Waals surface area (Å²) in [6.07, 6.45) is 0.611. The van der Waals surface area contributed by atoms with Crippen LogP contribution in [0.3, 0.4) is 0 Å². The molecule has 1 aromatic heterocycles. The number of hydrogen-bond acceptors (Lipinski definition) is 4. The molecule has 0 fully saturated rings. The smallest absolute Gasteiger partial charge is 0.255 e. The molecule has 5 heteroatoms. The SMILES string of the molecule is CCOC(c1nc2c(c(=O)[nH]1)CNCC2)C(C)(C)C. The molecule has 0 bridgehead atoms. The van der Waals surface area contributed by atoms with Crippen LogP contribution in [-0.4, -0.2) is 23.1 Å². The van der Waals surface area contributed by atoms with Crippen LogP contribution in [0.4, 0.5) is 0 Å². The van der Waals surface area contributed by atoms with Crippen LogP contribution in [0, 0.1) is 5.41 Å². The van der Waals surface area contributed by atoms with Crippen molar-refractivity contribution in [1.82, 2.24) is 15.3 Å². The van der Waals surface area contributed by atoms with Crippen molar-refractivity contribution in [3.63, 3.8) is 0 Å². The van der Waals surface area contributed by atoms with E-state index < -0.39 is 0 Å². The molecular weight excluding hydrogens is 242 g/mol. The van der Waals surface area contributed by atoms with Gasteiger partial charge in [0.15, 0.2) is 0 Å². The van der Waals surface area contributed by atoms with Gasteiger partial charge in [-0.3, -0.25) is 4.79 Å². The predicted octanol–water partition coefficient (Wildman–Crippen LogP) is 1.54. The first kappa shape index (κ1) is 14.2. The number of rotatable bonds is 3. The summed E-state index contributed by atoms with van der Waals surface area (Å²) in [6.45, 7) is 10.3. The van der Waals surface area contributed by atoms with Gasteiger partial charge in [0.05, 0.1) is 11.3 Å². The van der Waals surface area contributed by atoms with Crippen LogP contribution < -0.4 is 10.9 Å². The minimum absolute atomic E-state index is 0.0406. The van der Waals surface area contributed by atoms with Crippen LogP contribution in [0.2, 0.25) is 0 Å². The third-order valence-corrected chi connectivity index (χ3v) is 3.33. The third-order valence-electron chi connectivity index (χ3n) is 3.33. The Balaban J connectivity index is 2.44. The zero-order valence-electron chi connectivity index (χ0n) is 12.2. The zero-order chi connectivity index (χ0) is 14.0. The number of fused-ring (bicyclic) bond motifs is 1. The summed E-state index contributed by atoms with van der Waals surface area (Å²) >= 11 is 0. The number of hydrogen-bond donors (Lipinski definition) is 2. The number of nitrogens with zero attached hydrogens (tertiary/aromatic N) is 1. The second-order valence-electron chi connectivity index (χ2n) is 6.00. The number of aromatic nitrogens is 2. The van der Waals surface area contributed by atoms with Crippen LogP contribution in [0.15, 0.2) is 4.79 Å². The lowest BCUT2D eigenvalue weighted by atomic mass is 9.88. The molecule has 1 aromatic rings. The van der Waals surface area contributed by atoms with Gasteiger partial charge in [0, 0.05) is 26.1 Å². The number of nitrogens with one attached hydrogen (secondary N) is 2. The Kier molecular flexibility index (Phi) is 4.06. The maximum absolute atomic E-state index is 12.1. The molecule has 1 aliphatic rings. The van der Waals surface area contributed by atoms with Gasteiger partial charge in [-0.05, 0) is 12.3 Å². The molecule has 2 N–H and O–H groups in total. The molecule has 0 aromatic carbocycles. The van der Waals surface area contributed by atoms with Crippen LogP contribution >= 0.6 is 0 Å². The lowest BCUT2D eigenvalue weighted by Crippen LogP contribution is -2.34. The monoisotopic (exact) mass is 265 g/mol. The van der Waals surface area contributed by atoms with E-state index >= 15 is 0 Å². The van der Waals surface area contributed by atoms with Crippen molar-refractivity contribution in [2.75, 3.05) is 13.2 Å². The molecule has 2 rings (SSSR count). The molecule has 0 radical (unpaired) electrons. The molecule has 1 aliphatic heterocycles. The molecule has 0 aliphatic carbocycles.